The number of nitrogens with one attached hydrogen (secondary N) is 1. The van der Waals surface area contributed by atoms with Crippen LogP contribution in [0.25, 0.3) is 0 Å². The lowest BCUT2D eigenvalue weighted by Gasteiger charge is -2.24. The Morgan fingerprint density at radius 3 is 3.12 bits per heavy atom. The Bertz CT molecular complexity index is 553. The van der Waals surface area contributed by atoms with Gasteiger partial charge >= 0.3 is 0 Å². The molecule has 1 atom stereocenters. The Hall–Kier alpha value is -2.05. The maximum atomic E-state index is 13.7. The van der Waals surface area contributed by atoms with Gasteiger partial charge in [-0.3, -0.25) is 0 Å². The summed E-state index contributed by atoms with van der Waals surface area (Å²) in [7, 11) is 0. The lowest BCUT2D eigenvalue weighted by atomic mass is 10.0. The highest BCUT2D eigenvalue weighted by molar-refractivity contribution is 5.31. The summed E-state index contributed by atoms with van der Waals surface area (Å²) in [5.41, 5.74) is 0.278. The number of halogens is 2. The number of anilines is 1. The number of aromatic nitrogens is 4. The van der Waals surface area contributed by atoms with E-state index in [1.165, 1.54) is 10.7 Å². The minimum absolute atomic E-state index is 0.278. The maximum absolute atomic E-state index is 13.7. The van der Waals surface area contributed by atoms with Crippen LogP contribution < -0.4 is 5.32 Å². The van der Waals surface area contributed by atoms with Gasteiger partial charge in [0.15, 0.2) is 0 Å². The lowest BCUT2D eigenvalue weighted by Crippen LogP contribution is -2.25. The number of rotatable bonds is 1. The molecule has 3 rings (SSSR count). The van der Waals surface area contributed by atoms with Gasteiger partial charge in [-0.1, -0.05) is 5.10 Å². The van der Waals surface area contributed by atoms with Crippen LogP contribution >= 0.6 is 0 Å². The van der Waals surface area contributed by atoms with Gasteiger partial charge in [-0.05, 0) is 35.0 Å². The first kappa shape index (κ1) is 10.1. The standard InChI is InChI=1S/C10H9F2N5/c11-6-1-2-8(12)7(5-6)9-3-4-13-10-14-15-16-17(9)10/h1-2,5,9H,3-4H2,(H,13,14,16). The van der Waals surface area contributed by atoms with Crippen molar-refractivity contribution in [1.29, 1.82) is 0 Å². The van der Waals surface area contributed by atoms with Gasteiger partial charge in [-0.2, -0.15) is 0 Å². The van der Waals surface area contributed by atoms with E-state index >= 15 is 0 Å². The van der Waals surface area contributed by atoms with Crippen molar-refractivity contribution in [3.8, 4) is 0 Å². The third-order valence-electron chi connectivity index (χ3n) is 2.81. The molecule has 0 amide bonds. The second-order valence-electron chi connectivity index (χ2n) is 3.84. The quantitative estimate of drug-likeness (QED) is 0.813. The van der Waals surface area contributed by atoms with E-state index in [1.807, 2.05) is 0 Å². The van der Waals surface area contributed by atoms with Crippen LogP contribution in [0.15, 0.2) is 18.2 Å². The minimum atomic E-state index is -0.463. The molecule has 88 valence electrons. The van der Waals surface area contributed by atoms with Crippen molar-refractivity contribution in [2.45, 2.75) is 12.5 Å². The molecule has 1 aliphatic rings. The summed E-state index contributed by atoms with van der Waals surface area (Å²) in [5.74, 6) is -0.431. The summed E-state index contributed by atoms with van der Waals surface area (Å²) in [6, 6.07) is 3.05. The molecular weight excluding hydrogens is 228 g/mol. The summed E-state index contributed by atoms with van der Waals surface area (Å²) >= 11 is 0. The van der Waals surface area contributed by atoms with Crippen LogP contribution in [0.4, 0.5) is 14.7 Å². The first-order valence-corrected chi connectivity index (χ1v) is 5.22. The van der Waals surface area contributed by atoms with Gasteiger partial charge in [-0.15, -0.1) is 0 Å². The van der Waals surface area contributed by atoms with Gasteiger partial charge < -0.3 is 5.32 Å². The lowest BCUT2D eigenvalue weighted by molar-refractivity contribution is 0.445. The van der Waals surface area contributed by atoms with E-state index in [1.54, 1.807) is 0 Å². The van der Waals surface area contributed by atoms with Crippen LogP contribution in [0.3, 0.4) is 0 Å². The highest BCUT2D eigenvalue weighted by Crippen LogP contribution is 2.29. The predicted octanol–water partition coefficient (Wildman–Crippen LogP) is 1.36. The molecular formula is C10H9F2N5. The van der Waals surface area contributed by atoms with E-state index < -0.39 is 11.6 Å². The van der Waals surface area contributed by atoms with Gasteiger partial charge in [0.1, 0.15) is 11.6 Å². The van der Waals surface area contributed by atoms with E-state index in [0.29, 0.717) is 18.9 Å². The molecule has 1 aromatic heterocycles. The number of benzene rings is 1. The van der Waals surface area contributed by atoms with E-state index in [-0.39, 0.29) is 11.6 Å². The molecule has 0 saturated carbocycles. The SMILES string of the molecule is Fc1ccc(F)c(C2CCNc3nnnn32)c1. The molecule has 0 aliphatic carbocycles. The molecule has 0 spiro atoms. The second kappa shape index (κ2) is 3.76. The van der Waals surface area contributed by atoms with Crippen LogP contribution in [0.5, 0.6) is 0 Å². The largest absolute Gasteiger partial charge is 0.353 e. The molecule has 1 unspecified atom stereocenters. The fourth-order valence-corrected chi connectivity index (χ4v) is 2.02. The van der Waals surface area contributed by atoms with Gasteiger partial charge in [0.2, 0.25) is 5.95 Å². The van der Waals surface area contributed by atoms with Crippen molar-refractivity contribution < 1.29 is 8.78 Å². The molecule has 1 aliphatic heterocycles. The summed E-state index contributed by atoms with van der Waals surface area (Å²) in [5, 5.41) is 14.1. The van der Waals surface area contributed by atoms with E-state index in [4.69, 9.17) is 0 Å². The van der Waals surface area contributed by atoms with Gasteiger partial charge in [-0.25, -0.2) is 13.5 Å². The number of nitrogens with zero attached hydrogens (tertiary/aromatic N) is 4. The van der Waals surface area contributed by atoms with Crippen LogP contribution in [-0.4, -0.2) is 26.8 Å². The van der Waals surface area contributed by atoms with Crippen LogP contribution in [-0.2, 0) is 0 Å². The van der Waals surface area contributed by atoms with Crippen molar-refractivity contribution in [3.63, 3.8) is 0 Å². The fourth-order valence-electron chi connectivity index (χ4n) is 2.02. The maximum Gasteiger partial charge on any atom is 0.243 e. The first-order valence-electron chi connectivity index (χ1n) is 5.22. The van der Waals surface area contributed by atoms with Gasteiger partial charge in [0.25, 0.3) is 0 Å². The number of fused-ring (bicyclic) bond motifs is 1. The molecule has 1 N–H and O–H groups in total. The minimum Gasteiger partial charge on any atom is -0.353 e. The van der Waals surface area contributed by atoms with Crippen molar-refractivity contribution in [3.05, 3.63) is 35.4 Å². The third-order valence-corrected chi connectivity index (χ3v) is 2.81. The van der Waals surface area contributed by atoms with Crippen molar-refractivity contribution >= 4 is 5.95 Å². The normalized spacial score (nSPS) is 18.6. The Balaban J connectivity index is 2.09. The van der Waals surface area contributed by atoms with Gasteiger partial charge in [0, 0.05) is 12.1 Å². The zero-order valence-electron chi connectivity index (χ0n) is 8.77. The van der Waals surface area contributed by atoms with E-state index in [2.05, 4.69) is 20.8 Å². The fraction of sp³-hybridized carbons (Fsp3) is 0.300. The topological polar surface area (TPSA) is 55.6 Å². The summed E-state index contributed by atoms with van der Waals surface area (Å²) < 4.78 is 28.3. The third kappa shape index (κ3) is 1.63. The van der Waals surface area contributed by atoms with Crippen LogP contribution in [0.1, 0.15) is 18.0 Å². The molecule has 17 heavy (non-hydrogen) atoms. The Kier molecular flexibility index (Phi) is 2.24. The number of tetrazole rings is 1. The zero-order chi connectivity index (χ0) is 11.8. The van der Waals surface area contributed by atoms with Crippen molar-refractivity contribution in [2.24, 2.45) is 0 Å². The highest BCUT2D eigenvalue weighted by atomic mass is 19.1. The molecule has 1 aromatic carbocycles. The van der Waals surface area contributed by atoms with Gasteiger partial charge in [0.05, 0.1) is 6.04 Å². The number of hydrogen-bond acceptors (Lipinski definition) is 4. The first-order chi connectivity index (χ1) is 8.25. The average molecular weight is 237 g/mol. The van der Waals surface area contributed by atoms with E-state index in [0.717, 1.165) is 12.1 Å². The molecule has 0 fully saturated rings. The van der Waals surface area contributed by atoms with E-state index in [9.17, 15) is 8.78 Å². The summed E-state index contributed by atoms with van der Waals surface area (Å²) in [4.78, 5) is 0. The molecule has 5 nitrogen and oxygen atoms in total. The van der Waals surface area contributed by atoms with Crippen molar-refractivity contribution in [2.75, 3.05) is 11.9 Å². The molecule has 2 heterocycles. The smallest absolute Gasteiger partial charge is 0.243 e. The molecule has 0 bridgehead atoms. The summed E-state index contributed by atoms with van der Waals surface area (Å²) in [6.07, 6.45) is 0.610. The summed E-state index contributed by atoms with van der Waals surface area (Å²) in [6.45, 7) is 0.626. The van der Waals surface area contributed by atoms with Crippen LogP contribution in [0, 0.1) is 11.6 Å². The molecule has 0 saturated heterocycles. The van der Waals surface area contributed by atoms with Crippen molar-refractivity contribution in [1.82, 2.24) is 20.2 Å². The average Bonchev–Trinajstić information content (AvgIpc) is 2.80. The Morgan fingerprint density at radius 1 is 1.35 bits per heavy atom. The second-order valence-corrected chi connectivity index (χ2v) is 3.84. The number of hydrogen-bond donors (Lipinski definition) is 1. The Labute approximate surface area is 95.4 Å². The van der Waals surface area contributed by atoms with Crippen LogP contribution in [0.2, 0.25) is 0 Å². The predicted molar refractivity (Wildman–Crippen MR) is 55.4 cm³/mol. The highest BCUT2D eigenvalue weighted by Gasteiger charge is 2.26. The molecule has 0 radical (unpaired) electrons. The Morgan fingerprint density at radius 2 is 2.24 bits per heavy atom. The molecule has 7 heteroatoms. The zero-order valence-corrected chi connectivity index (χ0v) is 8.77. The molecule has 2 aromatic rings. The monoisotopic (exact) mass is 237 g/mol.